The Hall–Kier alpha value is -2.84. The number of halogens is 1. The van der Waals surface area contributed by atoms with E-state index in [1.807, 2.05) is 42.6 Å². The second-order valence-corrected chi connectivity index (χ2v) is 6.89. The van der Waals surface area contributed by atoms with Crippen molar-refractivity contribution in [2.75, 3.05) is 7.11 Å². The maximum Gasteiger partial charge on any atom is 0.277 e. The molecule has 0 radical (unpaired) electrons. The van der Waals surface area contributed by atoms with Crippen LogP contribution in [-0.2, 0) is 5.75 Å². The first kappa shape index (κ1) is 17.6. The zero-order valence-electron chi connectivity index (χ0n) is 14.2. The van der Waals surface area contributed by atoms with Gasteiger partial charge in [0.05, 0.1) is 24.7 Å². The molecule has 4 aromatic rings. The van der Waals surface area contributed by atoms with Crippen molar-refractivity contribution in [1.29, 1.82) is 0 Å². The van der Waals surface area contributed by atoms with E-state index in [1.54, 1.807) is 23.9 Å². The highest BCUT2D eigenvalue weighted by atomic mass is 35.5. The fourth-order valence-corrected chi connectivity index (χ4v) is 3.20. The van der Waals surface area contributed by atoms with E-state index in [0.29, 0.717) is 21.9 Å². The summed E-state index contributed by atoms with van der Waals surface area (Å²) in [6.45, 7) is 0. The van der Waals surface area contributed by atoms with Gasteiger partial charge in [0.15, 0.2) is 0 Å². The van der Waals surface area contributed by atoms with Crippen molar-refractivity contribution in [3.63, 3.8) is 0 Å². The second-order valence-electron chi connectivity index (χ2n) is 5.52. The Balaban J connectivity index is 1.41. The number of hydrogen-bond donors (Lipinski definition) is 0. The summed E-state index contributed by atoms with van der Waals surface area (Å²) >= 11 is 7.39. The molecule has 0 aliphatic carbocycles. The maximum atomic E-state index is 5.99. The van der Waals surface area contributed by atoms with Gasteiger partial charge in [-0.3, -0.25) is 0 Å². The molecule has 0 saturated heterocycles. The van der Waals surface area contributed by atoms with Gasteiger partial charge in [-0.15, -0.1) is 15.3 Å². The van der Waals surface area contributed by atoms with Crippen LogP contribution in [0.1, 0.15) is 5.69 Å². The number of benzene rings is 2. The van der Waals surface area contributed by atoms with E-state index in [9.17, 15) is 0 Å². The summed E-state index contributed by atoms with van der Waals surface area (Å²) in [5.41, 5.74) is 2.49. The Labute approximate surface area is 164 Å². The van der Waals surface area contributed by atoms with Crippen LogP contribution in [0.3, 0.4) is 0 Å². The third-order valence-corrected chi connectivity index (χ3v) is 4.79. The number of nitrogens with zero attached hydrogens (tertiary/aromatic N) is 5. The van der Waals surface area contributed by atoms with Gasteiger partial charge in [0.25, 0.3) is 5.22 Å². The van der Waals surface area contributed by atoms with Crippen LogP contribution < -0.4 is 4.74 Å². The fourth-order valence-electron chi connectivity index (χ4n) is 2.37. The minimum atomic E-state index is 0.432. The zero-order valence-corrected chi connectivity index (χ0v) is 15.8. The van der Waals surface area contributed by atoms with Crippen molar-refractivity contribution in [3.8, 4) is 22.9 Å². The van der Waals surface area contributed by atoms with E-state index in [-0.39, 0.29) is 0 Å². The minimum absolute atomic E-state index is 0.432. The van der Waals surface area contributed by atoms with Crippen LogP contribution in [0.2, 0.25) is 5.02 Å². The lowest BCUT2D eigenvalue weighted by Gasteiger charge is -2.01. The van der Waals surface area contributed by atoms with Crippen molar-refractivity contribution in [3.05, 3.63) is 65.4 Å². The van der Waals surface area contributed by atoms with Gasteiger partial charge in [-0.25, -0.2) is 4.68 Å². The fraction of sp³-hybridized carbons (Fsp3) is 0.111. The summed E-state index contributed by atoms with van der Waals surface area (Å²) in [4.78, 5) is 0. The monoisotopic (exact) mass is 399 g/mol. The smallest absolute Gasteiger partial charge is 0.277 e. The molecule has 9 heteroatoms. The molecular weight excluding hydrogens is 386 g/mol. The van der Waals surface area contributed by atoms with Crippen LogP contribution in [0.15, 0.2) is 64.4 Å². The van der Waals surface area contributed by atoms with E-state index in [4.69, 9.17) is 20.8 Å². The standard InChI is InChI=1S/C18H14ClN5O2S/c1-25-16-7-5-15(6-8-16)24-10-14(20-23-24)11-27-18-22-21-17(26-18)12-3-2-4-13(19)9-12/h2-10H,11H2,1H3. The molecular formula is C18H14ClN5O2S. The largest absolute Gasteiger partial charge is 0.497 e. The van der Waals surface area contributed by atoms with Gasteiger partial charge in [-0.1, -0.05) is 34.6 Å². The molecule has 0 N–H and O–H groups in total. The van der Waals surface area contributed by atoms with Gasteiger partial charge in [0.1, 0.15) is 5.75 Å². The molecule has 0 atom stereocenters. The molecule has 2 aromatic heterocycles. The third kappa shape index (κ3) is 4.12. The van der Waals surface area contributed by atoms with Crippen LogP contribution >= 0.6 is 23.4 Å². The first-order valence-corrected chi connectivity index (χ1v) is 9.35. The van der Waals surface area contributed by atoms with E-state index >= 15 is 0 Å². The summed E-state index contributed by atoms with van der Waals surface area (Å²) in [7, 11) is 1.63. The van der Waals surface area contributed by atoms with Gasteiger partial charge < -0.3 is 9.15 Å². The average Bonchev–Trinajstić information content (AvgIpc) is 3.36. The summed E-state index contributed by atoms with van der Waals surface area (Å²) in [5.74, 6) is 1.79. The molecule has 0 spiro atoms. The summed E-state index contributed by atoms with van der Waals surface area (Å²) in [6, 6.07) is 14.9. The Bertz CT molecular complexity index is 1050. The molecule has 0 saturated carbocycles. The molecule has 4 rings (SSSR count). The third-order valence-electron chi connectivity index (χ3n) is 3.70. The predicted molar refractivity (Wildman–Crippen MR) is 102 cm³/mol. The van der Waals surface area contributed by atoms with Gasteiger partial charge in [-0.2, -0.15) is 0 Å². The number of rotatable bonds is 6. The predicted octanol–water partition coefficient (Wildman–Crippen LogP) is 4.27. The van der Waals surface area contributed by atoms with E-state index in [0.717, 1.165) is 22.7 Å². The van der Waals surface area contributed by atoms with Crippen LogP contribution in [0.4, 0.5) is 0 Å². The molecule has 0 aliphatic heterocycles. The van der Waals surface area contributed by atoms with Crippen LogP contribution in [-0.4, -0.2) is 32.3 Å². The molecule has 0 aliphatic rings. The van der Waals surface area contributed by atoms with Gasteiger partial charge in [0.2, 0.25) is 5.89 Å². The number of methoxy groups -OCH3 is 1. The lowest BCUT2D eigenvalue weighted by molar-refractivity contribution is 0.414. The minimum Gasteiger partial charge on any atom is -0.497 e. The van der Waals surface area contributed by atoms with E-state index in [2.05, 4.69) is 20.5 Å². The van der Waals surface area contributed by atoms with Crippen molar-refractivity contribution < 1.29 is 9.15 Å². The first-order chi connectivity index (χ1) is 13.2. The number of thioether (sulfide) groups is 1. The SMILES string of the molecule is COc1ccc(-n2cc(CSc3nnc(-c4cccc(Cl)c4)o3)nn2)cc1. The molecule has 0 amide bonds. The van der Waals surface area contributed by atoms with Crippen LogP contribution in [0.25, 0.3) is 17.1 Å². The molecule has 0 fully saturated rings. The lowest BCUT2D eigenvalue weighted by Crippen LogP contribution is -1.94. The number of hydrogen-bond acceptors (Lipinski definition) is 7. The normalized spacial score (nSPS) is 10.9. The summed E-state index contributed by atoms with van der Waals surface area (Å²) in [5, 5.41) is 17.5. The Kier molecular flexibility index (Phi) is 5.08. The maximum absolute atomic E-state index is 5.99. The van der Waals surface area contributed by atoms with Crippen LogP contribution in [0.5, 0.6) is 5.75 Å². The highest BCUT2D eigenvalue weighted by Crippen LogP contribution is 2.26. The first-order valence-electron chi connectivity index (χ1n) is 7.99. The van der Waals surface area contributed by atoms with Crippen molar-refractivity contribution in [2.45, 2.75) is 11.0 Å². The summed E-state index contributed by atoms with van der Waals surface area (Å²) < 4.78 is 12.5. The topological polar surface area (TPSA) is 78.9 Å². The highest BCUT2D eigenvalue weighted by molar-refractivity contribution is 7.98. The van der Waals surface area contributed by atoms with E-state index < -0.39 is 0 Å². The lowest BCUT2D eigenvalue weighted by atomic mass is 10.2. The van der Waals surface area contributed by atoms with Crippen molar-refractivity contribution in [1.82, 2.24) is 25.2 Å². The van der Waals surface area contributed by atoms with E-state index in [1.165, 1.54) is 11.8 Å². The Morgan fingerprint density at radius 2 is 1.96 bits per heavy atom. The van der Waals surface area contributed by atoms with Crippen molar-refractivity contribution in [2.24, 2.45) is 0 Å². The number of ether oxygens (including phenoxy) is 1. The average molecular weight is 400 g/mol. The Morgan fingerprint density at radius 1 is 1.11 bits per heavy atom. The van der Waals surface area contributed by atoms with Gasteiger partial charge in [0, 0.05) is 16.3 Å². The summed E-state index contributed by atoms with van der Waals surface area (Å²) in [6.07, 6.45) is 1.86. The molecule has 136 valence electrons. The van der Waals surface area contributed by atoms with Gasteiger partial charge in [-0.05, 0) is 42.5 Å². The van der Waals surface area contributed by atoms with Gasteiger partial charge >= 0.3 is 0 Å². The molecule has 0 unspecified atom stereocenters. The highest BCUT2D eigenvalue weighted by Gasteiger charge is 2.11. The molecule has 27 heavy (non-hydrogen) atoms. The zero-order chi connectivity index (χ0) is 18.6. The second kappa shape index (κ2) is 7.81. The quantitative estimate of drug-likeness (QED) is 0.448. The molecule has 2 heterocycles. The Morgan fingerprint density at radius 3 is 2.74 bits per heavy atom. The van der Waals surface area contributed by atoms with Crippen molar-refractivity contribution >= 4 is 23.4 Å². The molecule has 2 aromatic carbocycles. The molecule has 7 nitrogen and oxygen atoms in total. The number of aromatic nitrogens is 5. The molecule has 0 bridgehead atoms. The van der Waals surface area contributed by atoms with Crippen LogP contribution in [0, 0.1) is 0 Å².